The SMILES string of the molecule is C=CCn1c(SCC(=O)NC(C)(C#N)C2CC2)nnc1C1CC1. The predicted octanol–water partition coefficient (Wildman–Crippen LogP) is 2.24. The lowest BCUT2D eigenvalue weighted by Crippen LogP contribution is -2.47. The lowest BCUT2D eigenvalue weighted by Gasteiger charge is -2.22. The fraction of sp³-hybridized carbons (Fsp3) is 0.625. The molecule has 2 fully saturated rings. The van der Waals surface area contributed by atoms with Gasteiger partial charge in [0, 0.05) is 12.5 Å². The van der Waals surface area contributed by atoms with Crippen molar-refractivity contribution in [2.75, 3.05) is 5.75 Å². The summed E-state index contributed by atoms with van der Waals surface area (Å²) in [5.41, 5.74) is -0.744. The average molecular weight is 331 g/mol. The number of carbonyl (C=O) groups excluding carboxylic acids is 1. The van der Waals surface area contributed by atoms with Crippen LogP contribution < -0.4 is 5.32 Å². The van der Waals surface area contributed by atoms with Crippen molar-refractivity contribution in [3.05, 3.63) is 18.5 Å². The highest BCUT2D eigenvalue weighted by Gasteiger charge is 2.43. The van der Waals surface area contributed by atoms with Crippen LogP contribution in [0.2, 0.25) is 0 Å². The van der Waals surface area contributed by atoms with Gasteiger partial charge in [0.2, 0.25) is 5.91 Å². The molecule has 0 radical (unpaired) electrons. The second-order valence-electron chi connectivity index (χ2n) is 6.44. The summed E-state index contributed by atoms with van der Waals surface area (Å²) in [5, 5.41) is 21.4. The van der Waals surface area contributed by atoms with E-state index in [1.807, 2.05) is 10.6 Å². The molecule has 122 valence electrons. The monoisotopic (exact) mass is 331 g/mol. The van der Waals surface area contributed by atoms with Crippen molar-refractivity contribution in [2.45, 2.75) is 55.8 Å². The maximum absolute atomic E-state index is 12.2. The summed E-state index contributed by atoms with van der Waals surface area (Å²) < 4.78 is 2.03. The van der Waals surface area contributed by atoms with Crippen molar-refractivity contribution < 1.29 is 4.79 Å². The summed E-state index contributed by atoms with van der Waals surface area (Å²) in [6.07, 6.45) is 6.15. The number of rotatable bonds is 8. The second kappa shape index (κ2) is 6.36. The molecule has 0 aliphatic heterocycles. The van der Waals surface area contributed by atoms with Gasteiger partial charge in [-0.15, -0.1) is 16.8 Å². The maximum Gasteiger partial charge on any atom is 0.231 e. The minimum absolute atomic E-state index is 0.132. The van der Waals surface area contributed by atoms with E-state index in [9.17, 15) is 10.1 Å². The summed E-state index contributed by atoms with van der Waals surface area (Å²) in [6.45, 7) is 6.24. The van der Waals surface area contributed by atoms with Gasteiger partial charge in [0.15, 0.2) is 5.16 Å². The number of allylic oxidation sites excluding steroid dienone is 1. The number of hydrogen-bond donors (Lipinski definition) is 1. The van der Waals surface area contributed by atoms with E-state index in [1.54, 1.807) is 6.92 Å². The van der Waals surface area contributed by atoms with E-state index in [0.717, 1.165) is 36.7 Å². The Morgan fingerprint density at radius 1 is 1.52 bits per heavy atom. The largest absolute Gasteiger partial charge is 0.337 e. The van der Waals surface area contributed by atoms with E-state index in [2.05, 4.69) is 28.2 Å². The normalized spacial score (nSPS) is 19.7. The molecule has 23 heavy (non-hydrogen) atoms. The van der Waals surface area contributed by atoms with Gasteiger partial charge in [0.05, 0.1) is 11.8 Å². The summed E-state index contributed by atoms with van der Waals surface area (Å²) >= 11 is 1.36. The quantitative estimate of drug-likeness (QED) is 0.583. The van der Waals surface area contributed by atoms with Crippen LogP contribution in [0.25, 0.3) is 0 Å². The Morgan fingerprint density at radius 2 is 2.26 bits per heavy atom. The zero-order chi connectivity index (χ0) is 16.4. The second-order valence-corrected chi connectivity index (χ2v) is 7.38. The number of nitriles is 1. The number of carbonyl (C=O) groups is 1. The number of aromatic nitrogens is 3. The van der Waals surface area contributed by atoms with Crippen LogP contribution in [-0.4, -0.2) is 32.0 Å². The van der Waals surface area contributed by atoms with Crippen molar-refractivity contribution in [1.82, 2.24) is 20.1 Å². The van der Waals surface area contributed by atoms with Crippen LogP contribution in [0, 0.1) is 17.2 Å². The Bertz CT molecular complexity index is 656. The van der Waals surface area contributed by atoms with Crippen LogP contribution in [0.4, 0.5) is 0 Å². The molecule has 0 saturated heterocycles. The molecule has 1 aromatic rings. The zero-order valence-corrected chi connectivity index (χ0v) is 14.1. The molecule has 7 heteroatoms. The third kappa shape index (κ3) is 3.58. The molecule has 2 aliphatic carbocycles. The van der Waals surface area contributed by atoms with Gasteiger partial charge in [0.1, 0.15) is 11.4 Å². The number of thioether (sulfide) groups is 1. The van der Waals surface area contributed by atoms with Crippen LogP contribution in [0.3, 0.4) is 0 Å². The Kier molecular flexibility index (Phi) is 4.44. The molecule has 1 unspecified atom stereocenters. The predicted molar refractivity (Wildman–Crippen MR) is 87.8 cm³/mol. The third-order valence-corrected chi connectivity index (χ3v) is 5.32. The van der Waals surface area contributed by atoms with E-state index in [1.165, 1.54) is 11.8 Å². The molecule has 3 rings (SSSR count). The minimum atomic E-state index is -0.744. The van der Waals surface area contributed by atoms with Gasteiger partial charge in [-0.1, -0.05) is 17.8 Å². The van der Waals surface area contributed by atoms with Gasteiger partial charge in [-0.2, -0.15) is 5.26 Å². The number of nitrogens with zero attached hydrogens (tertiary/aromatic N) is 4. The molecule has 1 atom stereocenters. The van der Waals surface area contributed by atoms with Crippen LogP contribution in [-0.2, 0) is 11.3 Å². The first-order chi connectivity index (χ1) is 11.1. The van der Waals surface area contributed by atoms with Crippen molar-refractivity contribution in [3.63, 3.8) is 0 Å². The first-order valence-electron chi connectivity index (χ1n) is 7.96. The van der Waals surface area contributed by atoms with Gasteiger partial charge >= 0.3 is 0 Å². The number of amides is 1. The highest BCUT2D eigenvalue weighted by atomic mass is 32.2. The third-order valence-electron chi connectivity index (χ3n) is 4.36. The molecular weight excluding hydrogens is 310 g/mol. The van der Waals surface area contributed by atoms with Crippen molar-refractivity contribution in [3.8, 4) is 6.07 Å². The molecule has 1 aromatic heterocycles. The maximum atomic E-state index is 12.2. The first-order valence-corrected chi connectivity index (χ1v) is 8.95. The van der Waals surface area contributed by atoms with Gasteiger partial charge < -0.3 is 9.88 Å². The summed E-state index contributed by atoms with van der Waals surface area (Å²) in [7, 11) is 0. The molecule has 2 saturated carbocycles. The van der Waals surface area contributed by atoms with Crippen molar-refractivity contribution >= 4 is 17.7 Å². The Balaban J connectivity index is 1.60. The number of nitrogens with one attached hydrogen (secondary N) is 1. The fourth-order valence-electron chi connectivity index (χ4n) is 2.69. The van der Waals surface area contributed by atoms with Crippen molar-refractivity contribution in [1.29, 1.82) is 5.26 Å². The highest BCUT2D eigenvalue weighted by Crippen LogP contribution is 2.40. The Morgan fingerprint density at radius 3 is 2.83 bits per heavy atom. The molecular formula is C16H21N5OS. The fourth-order valence-corrected chi connectivity index (χ4v) is 3.44. The molecule has 1 N–H and O–H groups in total. The molecule has 2 aliphatic rings. The Hall–Kier alpha value is -1.81. The van der Waals surface area contributed by atoms with Crippen LogP contribution in [0.15, 0.2) is 17.8 Å². The zero-order valence-electron chi connectivity index (χ0n) is 13.3. The van der Waals surface area contributed by atoms with E-state index in [0.29, 0.717) is 12.5 Å². The van der Waals surface area contributed by atoms with Crippen molar-refractivity contribution in [2.24, 2.45) is 5.92 Å². The van der Waals surface area contributed by atoms with Crippen LogP contribution in [0.1, 0.15) is 44.3 Å². The molecule has 1 amide bonds. The Labute approximate surface area is 140 Å². The summed E-state index contributed by atoms with van der Waals surface area (Å²) in [4.78, 5) is 12.2. The van der Waals surface area contributed by atoms with Crippen LogP contribution >= 0.6 is 11.8 Å². The van der Waals surface area contributed by atoms with Gasteiger partial charge in [0.25, 0.3) is 0 Å². The first kappa shape index (κ1) is 16.1. The molecule has 1 heterocycles. The molecule has 0 aromatic carbocycles. The summed E-state index contributed by atoms with van der Waals surface area (Å²) in [5.74, 6) is 1.89. The van der Waals surface area contributed by atoms with E-state index < -0.39 is 5.54 Å². The molecule has 0 spiro atoms. The minimum Gasteiger partial charge on any atom is -0.337 e. The molecule has 0 bridgehead atoms. The van der Waals surface area contributed by atoms with Gasteiger partial charge in [-0.3, -0.25) is 4.79 Å². The standard InChI is InChI=1S/C16H21N5OS/c1-3-8-21-14(11-4-5-11)19-20-15(21)23-9-13(22)18-16(2,10-17)12-6-7-12/h3,11-12H,1,4-9H2,2H3,(H,18,22). The number of hydrogen-bond acceptors (Lipinski definition) is 5. The van der Waals surface area contributed by atoms with Gasteiger partial charge in [-0.25, -0.2) is 0 Å². The average Bonchev–Trinajstić information content (AvgIpc) is 3.43. The highest BCUT2D eigenvalue weighted by molar-refractivity contribution is 7.99. The molecule has 6 nitrogen and oxygen atoms in total. The van der Waals surface area contributed by atoms with Crippen LogP contribution in [0.5, 0.6) is 0 Å². The van der Waals surface area contributed by atoms with E-state index >= 15 is 0 Å². The topological polar surface area (TPSA) is 83.6 Å². The smallest absolute Gasteiger partial charge is 0.231 e. The van der Waals surface area contributed by atoms with Gasteiger partial charge in [-0.05, 0) is 38.5 Å². The van der Waals surface area contributed by atoms with E-state index in [-0.39, 0.29) is 17.6 Å². The lowest BCUT2D eigenvalue weighted by molar-refractivity contribution is -0.119. The summed E-state index contributed by atoms with van der Waals surface area (Å²) in [6, 6.07) is 2.24. The van der Waals surface area contributed by atoms with E-state index in [4.69, 9.17) is 0 Å². The lowest BCUT2D eigenvalue weighted by atomic mass is 9.98.